The number of rotatable bonds is 10. The summed E-state index contributed by atoms with van der Waals surface area (Å²) in [5.74, 6) is 1.18. The van der Waals surface area contributed by atoms with Crippen molar-refractivity contribution >= 4 is 33.2 Å². The van der Waals surface area contributed by atoms with Crippen LogP contribution in [0.1, 0.15) is 11.1 Å². The predicted octanol–water partition coefficient (Wildman–Crippen LogP) is 4.16. The number of anilines is 1. The largest absolute Gasteiger partial charge is 0.496 e. The molecular formula is C24H25ClN2O6S. The highest BCUT2D eigenvalue weighted by Gasteiger charge is 2.15. The lowest BCUT2D eigenvalue weighted by atomic mass is 10.1. The SMILES string of the molecule is COc1cccc(OC)c1CNC(=O)COc1ccc(S(=O)(=O)Nc2ccc(C)c(Cl)c2)cc1. The molecule has 0 heterocycles. The van der Waals surface area contributed by atoms with Crippen LogP contribution in [0, 0.1) is 6.92 Å². The maximum absolute atomic E-state index is 12.6. The van der Waals surface area contributed by atoms with E-state index in [2.05, 4.69) is 10.0 Å². The van der Waals surface area contributed by atoms with Crippen LogP contribution < -0.4 is 24.2 Å². The Labute approximate surface area is 203 Å². The lowest BCUT2D eigenvalue weighted by Gasteiger charge is -2.14. The number of hydrogen-bond acceptors (Lipinski definition) is 6. The van der Waals surface area contributed by atoms with E-state index >= 15 is 0 Å². The summed E-state index contributed by atoms with van der Waals surface area (Å²) in [4.78, 5) is 12.3. The van der Waals surface area contributed by atoms with Crippen molar-refractivity contribution in [2.75, 3.05) is 25.5 Å². The van der Waals surface area contributed by atoms with Crippen molar-refractivity contribution in [1.82, 2.24) is 5.32 Å². The van der Waals surface area contributed by atoms with Gasteiger partial charge in [0.05, 0.1) is 36.9 Å². The lowest BCUT2D eigenvalue weighted by Crippen LogP contribution is -2.28. The van der Waals surface area contributed by atoms with Crippen molar-refractivity contribution in [3.63, 3.8) is 0 Å². The number of halogens is 1. The van der Waals surface area contributed by atoms with Gasteiger partial charge in [-0.15, -0.1) is 0 Å². The monoisotopic (exact) mass is 504 g/mol. The highest BCUT2D eigenvalue weighted by Crippen LogP contribution is 2.28. The number of ether oxygens (including phenoxy) is 3. The van der Waals surface area contributed by atoms with Crippen molar-refractivity contribution in [3.8, 4) is 17.2 Å². The van der Waals surface area contributed by atoms with Crippen molar-refractivity contribution < 1.29 is 27.4 Å². The second kappa shape index (κ2) is 11.1. The zero-order valence-corrected chi connectivity index (χ0v) is 20.5. The standard InChI is InChI=1S/C24H25ClN2O6S/c1-16-7-8-17(13-21(16)25)27-34(29,30)19-11-9-18(10-12-19)33-15-24(28)26-14-20-22(31-2)5-4-6-23(20)32-3/h4-13,27H,14-15H2,1-3H3,(H,26,28). The Balaban J connectivity index is 1.56. The van der Waals surface area contributed by atoms with Gasteiger partial charge in [0.1, 0.15) is 17.2 Å². The lowest BCUT2D eigenvalue weighted by molar-refractivity contribution is -0.123. The van der Waals surface area contributed by atoms with Crippen LogP contribution in [0.5, 0.6) is 17.2 Å². The Bertz CT molecular complexity index is 1240. The summed E-state index contributed by atoms with van der Waals surface area (Å²) in [5.41, 5.74) is 1.91. The number of amides is 1. The minimum Gasteiger partial charge on any atom is -0.496 e. The minimum absolute atomic E-state index is 0.0456. The summed E-state index contributed by atoms with van der Waals surface area (Å²) in [5, 5.41) is 3.21. The first-order valence-electron chi connectivity index (χ1n) is 10.2. The smallest absolute Gasteiger partial charge is 0.261 e. The summed E-state index contributed by atoms with van der Waals surface area (Å²) in [6.07, 6.45) is 0. The Hall–Kier alpha value is -3.43. The molecule has 3 rings (SSSR count). The summed E-state index contributed by atoms with van der Waals surface area (Å²) < 4.78 is 43.8. The molecule has 0 aliphatic carbocycles. The molecule has 0 aromatic heterocycles. The fraction of sp³-hybridized carbons (Fsp3) is 0.208. The molecule has 0 spiro atoms. The van der Waals surface area contributed by atoms with Gasteiger partial charge in [-0.1, -0.05) is 23.7 Å². The molecular weight excluding hydrogens is 480 g/mol. The van der Waals surface area contributed by atoms with E-state index in [1.807, 2.05) is 6.92 Å². The minimum atomic E-state index is -3.81. The van der Waals surface area contributed by atoms with E-state index in [1.54, 1.807) is 50.6 Å². The van der Waals surface area contributed by atoms with E-state index in [9.17, 15) is 13.2 Å². The van der Waals surface area contributed by atoms with Gasteiger partial charge in [-0.3, -0.25) is 9.52 Å². The fourth-order valence-electron chi connectivity index (χ4n) is 3.07. The second-order valence-corrected chi connectivity index (χ2v) is 9.34. The molecule has 0 bridgehead atoms. The number of sulfonamides is 1. The van der Waals surface area contributed by atoms with Crippen LogP contribution >= 0.6 is 11.6 Å². The number of carbonyl (C=O) groups is 1. The van der Waals surface area contributed by atoms with Gasteiger partial charge in [0.25, 0.3) is 15.9 Å². The molecule has 0 aliphatic heterocycles. The molecule has 3 aromatic rings. The molecule has 1 amide bonds. The van der Waals surface area contributed by atoms with Gasteiger partial charge in [-0.2, -0.15) is 0 Å². The molecule has 34 heavy (non-hydrogen) atoms. The first-order valence-corrected chi connectivity index (χ1v) is 12.1. The van der Waals surface area contributed by atoms with E-state index in [0.29, 0.717) is 33.5 Å². The highest BCUT2D eigenvalue weighted by molar-refractivity contribution is 7.92. The number of methoxy groups -OCH3 is 2. The van der Waals surface area contributed by atoms with E-state index in [0.717, 1.165) is 5.56 Å². The molecule has 0 fully saturated rings. The molecule has 0 aliphatic rings. The molecule has 180 valence electrons. The zero-order chi connectivity index (χ0) is 24.7. The third kappa shape index (κ3) is 6.33. The summed E-state index contributed by atoms with van der Waals surface area (Å²) >= 11 is 6.06. The van der Waals surface area contributed by atoms with Gasteiger partial charge < -0.3 is 19.5 Å². The van der Waals surface area contributed by atoms with E-state index in [4.69, 9.17) is 25.8 Å². The van der Waals surface area contributed by atoms with Crippen LogP contribution in [0.4, 0.5) is 5.69 Å². The Morgan fingerprint density at radius 1 is 0.971 bits per heavy atom. The van der Waals surface area contributed by atoms with E-state index in [-0.39, 0.29) is 24.0 Å². The molecule has 0 radical (unpaired) electrons. The van der Waals surface area contributed by atoms with Gasteiger partial charge in [0.2, 0.25) is 0 Å². The van der Waals surface area contributed by atoms with Crippen molar-refractivity contribution in [3.05, 3.63) is 76.8 Å². The summed E-state index contributed by atoms with van der Waals surface area (Å²) in [6.45, 7) is 1.78. The third-order valence-corrected chi connectivity index (χ3v) is 6.72. The van der Waals surface area contributed by atoms with Crippen LogP contribution in [0.3, 0.4) is 0 Å². The molecule has 0 atom stereocenters. The molecule has 10 heteroatoms. The molecule has 3 aromatic carbocycles. The zero-order valence-electron chi connectivity index (χ0n) is 18.9. The average Bonchev–Trinajstić information content (AvgIpc) is 2.83. The fourth-order valence-corrected chi connectivity index (χ4v) is 4.30. The van der Waals surface area contributed by atoms with Crippen LogP contribution in [0.25, 0.3) is 0 Å². The van der Waals surface area contributed by atoms with Crippen LogP contribution in [0.15, 0.2) is 65.6 Å². The van der Waals surface area contributed by atoms with Gasteiger partial charge >= 0.3 is 0 Å². The topological polar surface area (TPSA) is 103 Å². The predicted molar refractivity (Wildman–Crippen MR) is 130 cm³/mol. The second-order valence-electron chi connectivity index (χ2n) is 7.25. The van der Waals surface area contributed by atoms with E-state index < -0.39 is 10.0 Å². The molecule has 0 unspecified atom stereocenters. The van der Waals surface area contributed by atoms with Gasteiger partial charge in [0.15, 0.2) is 6.61 Å². The molecule has 2 N–H and O–H groups in total. The molecule has 8 nitrogen and oxygen atoms in total. The molecule has 0 saturated carbocycles. The van der Waals surface area contributed by atoms with Gasteiger partial charge in [0, 0.05) is 5.02 Å². The van der Waals surface area contributed by atoms with Crippen molar-refractivity contribution in [2.24, 2.45) is 0 Å². The number of nitrogens with one attached hydrogen (secondary N) is 2. The van der Waals surface area contributed by atoms with Crippen molar-refractivity contribution in [2.45, 2.75) is 18.4 Å². The summed E-state index contributed by atoms with van der Waals surface area (Å²) in [6, 6.07) is 16.0. The highest BCUT2D eigenvalue weighted by atomic mass is 35.5. The Kier molecular flexibility index (Phi) is 8.25. The Morgan fingerprint density at radius 2 is 1.62 bits per heavy atom. The van der Waals surface area contributed by atoms with Crippen LogP contribution in [-0.2, 0) is 21.4 Å². The van der Waals surface area contributed by atoms with E-state index in [1.165, 1.54) is 24.3 Å². The first kappa shape index (κ1) is 25.2. The quantitative estimate of drug-likeness (QED) is 0.429. The maximum Gasteiger partial charge on any atom is 0.261 e. The number of aryl methyl sites for hydroxylation is 1. The van der Waals surface area contributed by atoms with Crippen molar-refractivity contribution in [1.29, 1.82) is 0 Å². The third-order valence-electron chi connectivity index (χ3n) is 4.92. The van der Waals surface area contributed by atoms with Gasteiger partial charge in [-0.05, 0) is 61.0 Å². The van der Waals surface area contributed by atoms with Crippen LogP contribution in [-0.4, -0.2) is 35.2 Å². The maximum atomic E-state index is 12.6. The normalized spacial score (nSPS) is 10.9. The van der Waals surface area contributed by atoms with Gasteiger partial charge in [-0.25, -0.2) is 8.42 Å². The first-order chi connectivity index (χ1) is 16.2. The summed E-state index contributed by atoms with van der Waals surface area (Å²) in [7, 11) is -0.730. The van der Waals surface area contributed by atoms with Crippen LogP contribution in [0.2, 0.25) is 5.02 Å². The average molecular weight is 505 g/mol. The number of carbonyl (C=O) groups excluding carboxylic acids is 1. The number of benzene rings is 3. The number of hydrogen-bond donors (Lipinski definition) is 2. The molecule has 0 saturated heterocycles. The Morgan fingerprint density at radius 3 is 2.21 bits per heavy atom.